The van der Waals surface area contributed by atoms with Crippen molar-refractivity contribution in [2.24, 2.45) is 11.7 Å². The van der Waals surface area contributed by atoms with Crippen LogP contribution < -0.4 is 5.73 Å². The molecule has 3 rings (SSSR count). The molecule has 2 fully saturated rings. The second-order valence-electron chi connectivity index (χ2n) is 6.60. The third kappa shape index (κ3) is 3.27. The summed E-state index contributed by atoms with van der Waals surface area (Å²) >= 11 is 5.96. The number of rotatable bonds is 3. The van der Waals surface area contributed by atoms with Crippen LogP contribution in [-0.4, -0.2) is 29.9 Å². The van der Waals surface area contributed by atoms with Crippen LogP contribution in [0.15, 0.2) is 24.3 Å². The van der Waals surface area contributed by atoms with E-state index in [1.54, 1.807) is 0 Å². The first-order chi connectivity index (χ1) is 10.0. The number of hydrogen-bond acceptors (Lipinski definition) is 2. The highest BCUT2D eigenvalue weighted by Gasteiger charge is 2.53. The van der Waals surface area contributed by atoms with E-state index in [-0.39, 0.29) is 29.8 Å². The second kappa shape index (κ2) is 6.77. The minimum atomic E-state index is -0.287. The third-order valence-corrected chi connectivity index (χ3v) is 5.30. The largest absolute Gasteiger partial charge is 0.342 e. The zero-order valence-electron chi connectivity index (χ0n) is 12.9. The Morgan fingerprint density at radius 3 is 2.55 bits per heavy atom. The number of benzene rings is 1. The lowest BCUT2D eigenvalue weighted by molar-refractivity contribution is -0.135. The van der Waals surface area contributed by atoms with E-state index in [1.807, 2.05) is 36.1 Å². The Balaban J connectivity index is 0.00000176. The zero-order valence-corrected chi connectivity index (χ0v) is 14.5. The Morgan fingerprint density at radius 1 is 1.36 bits per heavy atom. The molecule has 122 valence electrons. The molecular formula is C17H24Cl2N2O. The van der Waals surface area contributed by atoms with Gasteiger partial charge in [0.2, 0.25) is 5.91 Å². The van der Waals surface area contributed by atoms with Crippen molar-refractivity contribution in [2.75, 3.05) is 13.1 Å². The zero-order chi connectivity index (χ0) is 15.0. The summed E-state index contributed by atoms with van der Waals surface area (Å²) in [6.07, 6.45) is 4.10. The van der Waals surface area contributed by atoms with Crippen LogP contribution in [0.1, 0.15) is 38.2 Å². The fraction of sp³-hybridized carbons (Fsp3) is 0.588. The molecule has 2 aliphatic rings. The number of likely N-dealkylation sites (tertiary alicyclic amines) is 1. The van der Waals surface area contributed by atoms with Crippen LogP contribution in [0.3, 0.4) is 0 Å². The lowest BCUT2D eigenvalue weighted by atomic mass is 9.89. The van der Waals surface area contributed by atoms with E-state index >= 15 is 0 Å². The predicted octanol–water partition coefficient (Wildman–Crippen LogP) is 3.38. The van der Waals surface area contributed by atoms with Crippen molar-refractivity contribution in [2.45, 2.75) is 44.1 Å². The summed E-state index contributed by atoms with van der Waals surface area (Å²) in [7, 11) is 0. The minimum Gasteiger partial charge on any atom is -0.342 e. The Morgan fingerprint density at radius 2 is 2.00 bits per heavy atom. The van der Waals surface area contributed by atoms with Crippen molar-refractivity contribution < 1.29 is 4.79 Å². The van der Waals surface area contributed by atoms with Gasteiger partial charge >= 0.3 is 0 Å². The van der Waals surface area contributed by atoms with Crippen molar-refractivity contribution in [3.63, 3.8) is 0 Å². The quantitative estimate of drug-likeness (QED) is 0.915. The van der Waals surface area contributed by atoms with Crippen molar-refractivity contribution in [1.29, 1.82) is 0 Å². The summed E-state index contributed by atoms with van der Waals surface area (Å²) in [6.45, 7) is 3.73. The molecule has 1 aliphatic carbocycles. The molecule has 0 spiro atoms. The maximum Gasteiger partial charge on any atom is 0.233 e. The van der Waals surface area contributed by atoms with Crippen molar-refractivity contribution in [3.05, 3.63) is 34.9 Å². The van der Waals surface area contributed by atoms with Crippen LogP contribution >= 0.6 is 24.0 Å². The second-order valence-corrected chi connectivity index (χ2v) is 7.04. The Kier molecular flexibility index (Phi) is 5.41. The molecule has 5 heteroatoms. The molecule has 1 heterocycles. The van der Waals surface area contributed by atoms with Gasteiger partial charge in [-0.25, -0.2) is 0 Å². The molecule has 0 bridgehead atoms. The molecule has 2 unspecified atom stereocenters. The number of amides is 1. The number of nitrogens with zero attached hydrogens (tertiary/aromatic N) is 1. The van der Waals surface area contributed by atoms with E-state index < -0.39 is 0 Å². The van der Waals surface area contributed by atoms with Gasteiger partial charge in [0.25, 0.3) is 0 Å². The van der Waals surface area contributed by atoms with Gasteiger partial charge in [-0.05, 0) is 56.2 Å². The minimum absolute atomic E-state index is 0. The van der Waals surface area contributed by atoms with Crippen LogP contribution in [0.5, 0.6) is 0 Å². The summed E-state index contributed by atoms with van der Waals surface area (Å²) in [4.78, 5) is 15.0. The topological polar surface area (TPSA) is 46.3 Å². The van der Waals surface area contributed by atoms with Gasteiger partial charge in [0.15, 0.2) is 0 Å². The molecule has 3 nitrogen and oxygen atoms in total. The number of hydrogen-bond donors (Lipinski definition) is 1. The van der Waals surface area contributed by atoms with Crippen LogP contribution in [0.4, 0.5) is 0 Å². The SMILES string of the molecule is CC(N)C1CCCN(C(=O)C2(c3ccc(Cl)cc3)CC2)C1.Cl. The lowest BCUT2D eigenvalue weighted by Crippen LogP contribution is -2.48. The predicted molar refractivity (Wildman–Crippen MR) is 92.6 cm³/mol. The van der Waals surface area contributed by atoms with E-state index in [9.17, 15) is 4.79 Å². The molecule has 1 aromatic carbocycles. The Bertz CT molecular complexity index is 526. The van der Waals surface area contributed by atoms with Gasteiger partial charge in [-0.2, -0.15) is 0 Å². The highest BCUT2D eigenvalue weighted by atomic mass is 35.5. The standard InChI is InChI=1S/C17H23ClN2O.ClH/c1-12(19)13-3-2-10-20(11-13)16(21)17(8-9-17)14-4-6-15(18)7-5-14;/h4-7,12-13H,2-3,8-11,19H2,1H3;1H. The average molecular weight is 343 g/mol. The van der Waals surface area contributed by atoms with Crippen LogP contribution in [0.2, 0.25) is 5.02 Å². The fourth-order valence-electron chi connectivity index (χ4n) is 3.45. The molecule has 2 N–H and O–H groups in total. The van der Waals surface area contributed by atoms with Gasteiger partial charge in [0.05, 0.1) is 5.41 Å². The Hall–Kier alpha value is -0.770. The van der Waals surface area contributed by atoms with Crippen LogP contribution in [0, 0.1) is 5.92 Å². The van der Waals surface area contributed by atoms with Gasteiger partial charge in [0.1, 0.15) is 0 Å². The summed E-state index contributed by atoms with van der Waals surface area (Å²) < 4.78 is 0. The lowest BCUT2D eigenvalue weighted by Gasteiger charge is -2.36. The number of piperidine rings is 1. The molecule has 1 amide bonds. The van der Waals surface area contributed by atoms with Gasteiger partial charge in [-0.1, -0.05) is 23.7 Å². The smallest absolute Gasteiger partial charge is 0.233 e. The molecule has 0 radical (unpaired) electrons. The molecule has 1 aliphatic heterocycles. The van der Waals surface area contributed by atoms with Gasteiger partial charge in [-0.15, -0.1) is 12.4 Å². The number of carbonyl (C=O) groups is 1. The third-order valence-electron chi connectivity index (χ3n) is 5.04. The molecular weight excluding hydrogens is 319 g/mol. The van der Waals surface area contributed by atoms with E-state index in [0.717, 1.165) is 49.4 Å². The maximum atomic E-state index is 13.0. The first kappa shape index (κ1) is 17.6. The molecule has 1 saturated carbocycles. The molecule has 22 heavy (non-hydrogen) atoms. The van der Waals surface area contributed by atoms with Gasteiger partial charge < -0.3 is 10.6 Å². The van der Waals surface area contributed by atoms with Crippen molar-refractivity contribution in [1.82, 2.24) is 4.90 Å². The Labute approximate surface area is 143 Å². The van der Waals surface area contributed by atoms with E-state index in [1.165, 1.54) is 0 Å². The van der Waals surface area contributed by atoms with Gasteiger partial charge in [0, 0.05) is 24.2 Å². The monoisotopic (exact) mass is 342 g/mol. The molecule has 1 aromatic rings. The number of nitrogens with two attached hydrogens (primary N) is 1. The van der Waals surface area contributed by atoms with E-state index in [2.05, 4.69) is 0 Å². The first-order valence-corrected chi connectivity index (χ1v) is 8.22. The highest BCUT2D eigenvalue weighted by molar-refractivity contribution is 6.30. The fourth-order valence-corrected chi connectivity index (χ4v) is 3.57. The van der Waals surface area contributed by atoms with E-state index in [0.29, 0.717) is 5.92 Å². The maximum absolute atomic E-state index is 13.0. The van der Waals surface area contributed by atoms with Crippen molar-refractivity contribution in [3.8, 4) is 0 Å². The highest BCUT2D eigenvalue weighted by Crippen LogP contribution is 2.50. The van der Waals surface area contributed by atoms with Crippen molar-refractivity contribution >= 4 is 29.9 Å². The summed E-state index contributed by atoms with van der Waals surface area (Å²) in [6, 6.07) is 7.92. The summed E-state index contributed by atoms with van der Waals surface area (Å²) in [5.74, 6) is 0.721. The molecule has 0 aromatic heterocycles. The van der Waals surface area contributed by atoms with Crippen LogP contribution in [0.25, 0.3) is 0 Å². The first-order valence-electron chi connectivity index (χ1n) is 7.84. The number of halogens is 2. The molecule has 2 atom stereocenters. The van der Waals surface area contributed by atoms with E-state index in [4.69, 9.17) is 17.3 Å². The number of carbonyl (C=O) groups excluding carboxylic acids is 1. The normalized spacial score (nSPS) is 24.3. The summed E-state index contributed by atoms with van der Waals surface area (Å²) in [5, 5.41) is 0.719. The van der Waals surface area contributed by atoms with Gasteiger partial charge in [-0.3, -0.25) is 4.79 Å². The molecule has 1 saturated heterocycles. The average Bonchev–Trinajstić information content (AvgIpc) is 3.29. The summed E-state index contributed by atoms with van der Waals surface area (Å²) in [5.41, 5.74) is 6.85. The van der Waals surface area contributed by atoms with Crippen LogP contribution in [-0.2, 0) is 10.2 Å².